The second-order valence-electron chi connectivity index (χ2n) is 6.60. The maximum atomic E-state index is 12.2. The van der Waals surface area contributed by atoms with E-state index in [1.165, 1.54) is 0 Å². The van der Waals surface area contributed by atoms with Crippen LogP contribution in [-0.2, 0) is 32.0 Å². The van der Waals surface area contributed by atoms with Crippen LogP contribution in [0.15, 0.2) is 18.2 Å². The summed E-state index contributed by atoms with van der Waals surface area (Å²) in [5, 5.41) is 0. The highest BCUT2D eigenvalue weighted by atomic mass is 16.7. The van der Waals surface area contributed by atoms with Crippen molar-refractivity contribution in [3.05, 3.63) is 29.3 Å². The molecule has 5 nitrogen and oxygen atoms in total. The Labute approximate surface area is 143 Å². The standard InChI is InChI=1S/C19H26O5/c1-3-21-18(20)19(2)10-9-15-8-7-14(12-16(15)24-19)13-23-17-6-4-5-11-22-17/h7-8,12,17H,3-6,9-11,13H2,1-2H3. The zero-order chi connectivity index (χ0) is 17.0. The van der Waals surface area contributed by atoms with Gasteiger partial charge in [0.2, 0.25) is 5.60 Å². The van der Waals surface area contributed by atoms with Crippen molar-refractivity contribution in [2.24, 2.45) is 0 Å². The Morgan fingerprint density at radius 2 is 2.25 bits per heavy atom. The number of hydrogen-bond acceptors (Lipinski definition) is 5. The molecule has 1 saturated heterocycles. The van der Waals surface area contributed by atoms with Gasteiger partial charge in [0, 0.05) is 13.0 Å². The van der Waals surface area contributed by atoms with Gasteiger partial charge in [0.05, 0.1) is 13.2 Å². The summed E-state index contributed by atoms with van der Waals surface area (Å²) in [7, 11) is 0. The predicted molar refractivity (Wildman–Crippen MR) is 88.8 cm³/mol. The average molecular weight is 334 g/mol. The van der Waals surface area contributed by atoms with Gasteiger partial charge in [0.15, 0.2) is 6.29 Å². The number of carbonyl (C=O) groups excluding carboxylic acids is 1. The molecule has 1 fully saturated rings. The third-order valence-corrected chi connectivity index (χ3v) is 4.62. The van der Waals surface area contributed by atoms with Crippen LogP contribution in [0.4, 0.5) is 0 Å². The molecule has 0 aromatic heterocycles. The molecule has 2 atom stereocenters. The second-order valence-corrected chi connectivity index (χ2v) is 6.60. The lowest BCUT2D eigenvalue weighted by Crippen LogP contribution is -2.45. The Kier molecular flexibility index (Phi) is 5.41. The van der Waals surface area contributed by atoms with E-state index in [4.69, 9.17) is 18.9 Å². The lowest BCUT2D eigenvalue weighted by atomic mass is 9.92. The third kappa shape index (κ3) is 3.90. The first kappa shape index (κ1) is 17.2. The largest absolute Gasteiger partial charge is 0.476 e. The highest BCUT2D eigenvalue weighted by molar-refractivity contribution is 5.80. The smallest absolute Gasteiger partial charge is 0.350 e. The van der Waals surface area contributed by atoms with Crippen LogP contribution < -0.4 is 4.74 Å². The first-order valence-electron chi connectivity index (χ1n) is 8.82. The van der Waals surface area contributed by atoms with Gasteiger partial charge in [-0.05, 0) is 56.7 Å². The van der Waals surface area contributed by atoms with E-state index in [1.807, 2.05) is 6.07 Å². The van der Waals surface area contributed by atoms with Gasteiger partial charge in [-0.25, -0.2) is 4.79 Å². The van der Waals surface area contributed by atoms with Gasteiger partial charge in [-0.15, -0.1) is 0 Å². The first-order chi connectivity index (χ1) is 11.6. The van der Waals surface area contributed by atoms with Crippen LogP contribution in [-0.4, -0.2) is 31.1 Å². The van der Waals surface area contributed by atoms with Crippen molar-refractivity contribution in [1.82, 2.24) is 0 Å². The van der Waals surface area contributed by atoms with Crippen LogP contribution in [0, 0.1) is 0 Å². The molecule has 0 N–H and O–H groups in total. The molecular formula is C19H26O5. The third-order valence-electron chi connectivity index (χ3n) is 4.62. The summed E-state index contributed by atoms with van der Waals surface area (Å²) in [4.78, 5) is 12.2. The van der Waals surface area contributed by atoms with Gasteiger partial charge in [-0.1, -0.05) is 12.1 Å². The van der Waals surface area contributed by atoms with E-state index in [1.54, 1.807) is 13.8 Å². The maximum absolute atomic E-state index is 12.2. The van der Waals surface area contributed by atoms with E-state index in [-0.39, 0.29) is 12.3 Å². The monoisotopic (exact) mass is 334 g/mol. The van der Waals surface area contributed by atoms with Crippen LogP contribution >= 0.6 is 0 Å². The number of esters is 1. The van der Waals surface area contributed by atoms with Crippen molar-refractivity contribution in [1.29, 1.82) is 0 Å². The molecule has 1 aromatic carbocycles. The van der Waals surface area contributed by atoms with Crippen LogP contribution in [0.3, 0.4) is 0 Å². The molecule has 0 amide bonds. The summed E-state index contributed by atoms with van der Waals surface area (Å²) < 4.78 is 22.6. The molecule has 2 aliphatic rings. The quantitative estimate of drug-likeness (QED) is 0.773. The summed E-state index contributed by atoms with van der Waals surface area (Å²) in [6.45, 7) is 5.22. The van der Waals surface area contributed by atoms with Gasteiger partial charge in [-0.2, -0.15) is 0 Å². The fourth-order valence-corrected chi connectivity index (χ4v) is 3.12. The minimum Gasteiger partial charge on any atom is -0.476 e. The van der Waals surface area contributed by atoms with Gasteiger partial charge in [0.1, 0.15) is 5.75 Å². The van der Waals surface area contributed by atoms with Crippen molar-refractivity contribution in [3.63, 3.8) is 0 Å². The van der Waals surface area contributed by atoms with Crippen molar-refractivity contribution >= 4 is 5.97 Å². The lowest BCUT2D eigenvalue weighted by molar-refractivity contribution is -0.169. The molecular weight excluding hydrogens is 308 g/mol. The molecule has 0 bridgehead atoms. The highest BCUT2D eigenvalue weighted by Gasteiger charge is 2.40. The molecule has 24 heavy (non-hydrogen) atoms. The highest BCUT2D eigenvalue weighted by Crippen LogP contribution is 2.35. The van der Waals surface area contributed by atoms with Crippen LogP contribution in [0.1, 0.15) is 50.7 Å². The molecule has 1 aromatic rings. The Bertz CT molecular complexity index is 579. The van der Waals surface area contributed by atoms with Crippen molar-refractivity contribution in [2.75, 3.05) is 13.2 Å². The number of benzene rings is 1. The SMILES string of the molecule is CCOC(=O)C1(C)CCc2ccc(COC3CCCCO3)cc2O1. The van der Waals surface area contributed by atoms with E-state index in [9.17, 15) is 4.79 Å². The number of carbonyl (C=O) groups is 1. The minimum absolute atomic E-state index is 0.111. The molecule has 2 aliphatic heterocycles. The van der Waals surface area contributed by atoms with Gasteiger partial charge < -0.3 is 18.9 Å². The number of aryl methyl sites for hydroxylation is 1. The fraction of sp³-hybridized carbons (Fsp3) is 0.632. The molecule has 2 unspecified atom stereocenters. The zero-order valence-electron chi connectivity index (χ0n) is 14.5. The normalized spacial score (nSPS) is 26.3. The second kappa shape index (κ2) is 7.53. The predicted octanol–water partition coefficient (Wildman–Crippen LogP) is 3.38. The van der Waals surface area contributed by atoms with Gasteiger partial charge >= 0.3 is 5.97 Å². The van der Waals surface area contributed by atoms with E-state index in [0.717, 1.165) is 49.2 Å². The Morgan fingerprint density at radius 1 is 1.38 bits per heavy atom. The van der Waals surface area contributed by atoms with Crippen molar-refractivity contribution in [3.8, 4) is 5.75 Å². The Hall–Kier alpha value is -1.59. The maximum Gasteiger partial charge on any atom is 0.350 e. The molecule has 132 valence electrons. The summed E-state index contributed by atoms with van der Waals surface area (Å²) in [6.07, 6.45) is 4.53. The summed E-state index contributed by atoms with van der Waals surface area (Å²) >= 11 is 0. The summed E-state index contributed by atoms with van der Waals surface area (Å²) in [6, 6.07) is 6.08. The Balaban J connectivity index is 1.65. The molecule has 2 heterocycles. The fourth-order valence-electron chi connectivity index (χ4n) is 3.12. The van der Waals surface area contributed by atoms with Crippen LogP contribution in [0.2, 0.25) is 0 Å². The van der Waals surface area contributed by atoms with Crippen LogP contribution in [0.25, 0.3) is 0 Å². The number of rotatable bonds is 5. The number of fused-ring (bicyclic) bond motifs is 1. The molecule has 3 rings (SSSR count). The summed E-state index contributed by atoms with van der Waals surface area (Å²) in [5.74, 6) is 0.454. The molecule has 0 aliphatic carbocycles. The van der Waals surface area contributed by atoms with Gasteiger partial charge in [-0.3, -0.25) is 0 Å². The number of ether oxygens (including phenoxy) is 4. The average Bonchev–Trinajstić information content (AvgIpc) is 2.60. The lowest BCUT2D eigenvalue weighted by Gasteiger charge is -2.33. The molecule has 0 saturated carbocycles. The molecule has 0 radical (unpaired) electrons. The van der Waals surface area contributed by atoms with E-state index in [2.05, 4.69) is 12.1 Å². The Morgan fingerprint density at radius 3 is 3.00 bits per heavy atom. The van der Waals surface area contributed by atoms with E-state index < -0.39 is 5.60 Å². The molecule has 0 spiro atoms. The van der Waals surface area contributed by atoms with Gasteiger partial charge in [0.25, 0.3) is 0 Å². The van der Waals surface area contributed by atoms with E-state index in [0.29, 0.717) is 19.6 Å². The van der Waals surface area contributed by atoms with Crippen LogP contribution in [0.5, 0.6) is 5.75 Å². The van der Waals surface area contributed by atoms with Crippen molar-refractivity contribution in [2.45, 2.75) is 64.4 Å². The minimum atomic E-state index is -0.908. The topological polar surface area (TPSA) is 54.0 Å². The van der Waals surface area contributed by atoms with E-state index >= 15 is 0 Å². The van der Waals surface area contributed by atoms with Crippen molar-refractivity contribution < 1.29 is 23.7 Å². The first-order valence-corrected chi connectivity index (χ1v) is 8.82. The number of hydrogen-bond donors (Lipinski definition) is 0. The summed E-state index contributed by atoms with van der Waals surface area (Å²) in [5.41, 5.74) is 1.24. The molecule has 5 heteroatoms. The zero-order valence-corrected chi connectivity index (χ0v) is 14.5.